The second-order valence-electron chi connectivity index (χ2n) is 8.45. The quantitative estimate of drug-likeness (QED) is 0.397. The van der Waals surface area contributed by atoms with Gasteiger partial charge in [-0.1, -0.05) is 30.3 Å². The van der Waals surface area contributed by atoms with Gasteiger partial charge in [-0.15, -0.1) is 0 Å². The molecule has 4 rings (SSSR count). The summed E-state index contributed by atoms with van der Waals surface area (Å²) in [7, 11) is 0. The lowest BCUT2D eigenvalue weighted by Crippen LogP contribution is -2.53. The number of nitrogen functional groups attached to an aromatic ring is 1. The number of alkyl halides is 6. The summed E-state index contributed by atoms with van der Waals surface area (Å²) in [5.74, 6) is 0. The van der Waals surface area contributed by atoms with Gasteiger partial charge in [0.15, 0.2) is 0 Å². The molecule has 4 nitrogen and oxygen atoms in total. The molecule has 3 N–H and O–H groups in total. The van der Waals surface area contributed by atoms with Crippen molar-refractivity contribution in [1.82, 2.24) is 9.47 Å². The summed E-state index contributed by atoms with van der Waals surface area (Å²) in [5, 5.41) is 10.6. The molecule has 0 spiro atoms. The van der Waals surface area contributed by atoms with Gasteiger partial charge in [-0.05, 0) is 42.0 Å². The van der Waals surface area contributed by atoms with Crippen molar-refractivity contribution in [1.29, 1.82) is 0 Å². The van der Waals surface area contributed by atoms with Crippen molar-refractivity contribution >= 4 is 16.6 Å². The summed E-state index contributed by atoms with van der Waals surface area (Å²) in [6, 6.07) is 11.9. The van der Waals surface area contributed by atoms with E-state index in [0.29, 0.717) is 29.9 Å². The van der Waals surface area contributed by atoms with Gasteiger partial charge in [0, 0.05) is 43.1 Å². The summed E-state index contributed by atoms with van der Waals surface area (Å²) < 4.78 is 80.5. The molecule has 0 aliphatic carbocycles. The minimum Gasteiger partial charge on any atom is -0.399 e. The number of piperidine rings is 1. The van der Waals surface area contributed by atoms with E-state index in [4.69, 9.17) is 5.73 Å². The Morgan fingerprint density at radius 2 is 1.48 bits per heavy atom. The molecule has 0 atom stereocenters. The fourth-order valence-corrected chi connectivity index (χ4v) is 4.44. The van der Waals surface area contributed by atoms with Crippen LogP contribution < -0.4 is 5.73 Å². The van der Waals surface area contributed by atoms with E-state index in [1.54, 1.807) is 0 Å². The predicted octanol–water partition coefficient (Wildman–Crippen LogP) is 5.37. The molecule has 0 radical (unpaired) electrons. The molecule has 10 heteroatoms. The maximum atomic E-state index is 13.0. The van der Waals surface area contributed by atoms with Crippen molar-refractivity contribution in [3.05, 3.63) is 65.9 Å². The minimum atomic E-state index is -5.89. The number of halogens is 6. The maximum absolute atomic E-state index is 13.0. The van der Waals surface area contributed by atoms with E-state index in [-0.39, 0.29) is 6.04 Å². The van der Waals surface area contributed by atoms with E-state index in [2.05, 4.69) is 9.47 Å². The molecule has 3 aromatic rings. The molecule has 1 aliphatic heterocycles. The highest BCUT2D eigenvalue weighted by molar-refractivity contribution is 5.83. The Labute approximate surface area is 186 Å². The third kappa shape index (κ3) is 4.29. The zero-order valence-corrected chi connectivity index (χ0v) is 17.5. The van der Waals surface area contributed by atoms with Gasteiger partial charge in [0.05, 0.1) is 5.52 Å². The number of hydrogen-bond donors (Lipinski definition) is 2. The fraction of sp³-hybridized carbons (Fsp3) is 0.391. The lowest BCUT2D eigenvalue weighted by molar-refractivity contribution is -0.376. The number of aromatic nitrogens is 1. The van der Waals surface area contributed by atoms with Crippen LogP contribution in [0.4, 0.5) is 32.0 Å². The van der Waals surface area contributed by atoms with Crippen LogP contribution in [0.2, 0.25) is 0 Å². The van der Waals surface area contributed by atoms with Gasteiger partial charge in [0.25, 0.3) is 5.60 Å². The second kappa shape index (κ2) is 8.25. The third-order valence-corrected chi connectivity index (χ3v) is 6.30. The highest BCUT2D eigenvalue weighted by atomic mass is 19.4. The average molecular weight is 471 g/mol. The summed E-state index contributed by atoms with van der Waals surface area (Å²) in [5.41, 5.74) is 2.08. The number of hydrogen-bond acceptors (Lipinski definition) is 3. The molecular weight excluding hydrogens is 448 g/mol. The topological polar surface area (TPSA) is 54.4 Å². The van der Waals surface area contributed by atoms with Gasteiger partial charge < -0.3 is 15.4 Å². The molecule has 0 bridgehead atoms. The first-order valence-corrected chi connectivity index (χ1v) is 10.4. The normalized spacial score (nSPS) is 17.1. The minimum absolute atomic E-state index is 0.275. The number of aliphatic hydroxyl groups is 1. The van der Waals surface area contributed by atoms with Crippen LogP contribution >= 0.6 is 0 Å². The second-order valence-corrected chi connectivity index (χ2v) is 8.45. The van der Waals surface area contributed by atoms with Gasteiger partial charge in [-0.3, -0.25) is 4.90 Å². The van der Waals surface area contributed by atoms with Gasteiger partial charge in [-0.25, -0.2) is 0 Å². The Morgan fingerprint density at radius 1 is 0.879 bits per heavy atom. The van der Waals surface area contributed by atoms with Gasteiger partial charge in [-0.2, -0.15) is 26.3 Å². The Bertz CT molecular complexity index is 1100. The Kier molecular flexibility index (Phi) is 5.86. The number of likely N-dealkylation sites (tertiary alicyclic amines) is 1. The Hall–Kier alpha value is -2.72. The third-order valence-electron chi connectivity index (χ3n) is 6.30. The largest absolute Gasteiger partial charge is 0.430 e. The highest BCUT2D eigenvalue weighted by Gasteiger charge is 2.71. The molecule has 178 valence electrons. The smallest absolute Gasteiger partial charge is 0.399 e. The number of nitrogens with two attached hydrogens (primary N) is 1. The molecular formula is C23H23F6N3O. The monoisotopic (exact) mass is 471 g/mol. The molecule has 0 amide bonds. The summed E-state index contributed by atoms with van der Waals surface area (Å²) >= 11 is 0. The van der Waals surface area contributed by atoms with Crippen LogP contribution in [-0.2, 0) is 12.1 Å². The molecule has 2 heterocycles. The molecule has 1 fully saturated rings. The zero-order chi connectivity index (χ0) is 24.0. The number of benzene rings is 2. The number of fused-ring (bicyclic) bond motifs is 1. The average Bonchev–Trinajstić information content (AvgIpc) is 3.16. The Morgan fingerprint density at radius 3 is 2.06 bits per heavy atom. The molecule has 1 aromatic heterocycles. The molecule has 33 heavy (non-hydrogen) atoms. The van der Waals surface area contributed by atoms with Crippen molar-refractivity contribution < 1.29 is 31.4 Å². The maximum Gasteiger partial charge on any atom is 0.430 e. The lowest BCUT2D eigenvalue weighted by atomic mass is 9.91. The van der Waals surface area contributed by atoms with E-state index < -0.39 is 23.5 Å². The van der Waals surface area contributed by atoms with Crippen molar-refractivity contribution in [3.8, 4) is 0 Å². The van der Waals surface area contributed by atoms with E-state index in [1.807, 2.05) is 30.5 Å². The van der Waals surface area contributed by atoms with Gasteiger partial charge in [0.1, 0.15) is 0 Å². The van der Waals surface area contributed by atoms with E-state index in [0.717, 1.165) is 36.8 Å². The van der Waals surface area contributed by atoms with E-state index in [1.165, 1.54) is 12.1 Å². The van der Waals surface area contributed by atoms with Crippen LogP contribution in [0.3, 0.4) is 0 Å². The summed E-state index contributed by atoms with van der Waals surface area (Å²) in [6.45, 7) is 1.84. The molecule has 0 unspecified atom stereocenters. The first-order valence-electron chi connectivity index (χ1n) is 10.4. The van der Waals surface area contributed by atoms with Crippen LogP contribution in [0.15, 0.2) is 54.7 Å². The highest BCUT2D eigenvalue weighted by Crippen LogP contribution is 2.50. The fourth-order valence-electron chi connectivity index (χ4n) is 4.44. The van der Waals surface area contributed by atoms with E-state index >= 15 is 0 Å². The number of nitrogens with zero attached hydrogens (tertiary/aromatic N) is 2. The van der Waals surface area contributed by atoms with Crippen molar-refractivity contribution in [3.63, 3.8) is 0 Å². The van der Waals surface area contributed by atoms with Crippen LogP contribution in [0.25, 0.3) is 10.9 Å². The molecule has 0 saturated carbocycles. The first-order chi connectivity index (χ1) is 15.4. The van der Waals surface area contributed by atoms with Crippen molar-refractivity contribution in [2.24, 2.45) is 0 Å². The summed E-state index contributed by atoms with van der Waals surface area (Å²) in [6.07, 6.45) is -8.05. The van der Waals surface area contributed by atoms with Crippen LogP contribution in [0.1, 0.15) is 30.0 Å². The van der Waals surface area contributed by atoms with E-state index in [9.17, 15) is 31.4 Å². The number of anilines is 1. The number of rotatable bonds is 4. The molecule has 1 saturated heterocycles. The first kappa shape index (κ1) is 23.4. The van der Waals surface area contributed by atoms with Crippen molar-refractivity contribution in [2.75, 3.05) is 18.8 Å². The Balaban J connectivity index is 1.42. The van der Waals surface area contributed by atoms with Gasteiger partial charge in [0.2, 0.25) is 0 Å². The van der Waals surface area contributed by atoms with Gasteiger partial charge >= 0.3 is 12.4 Å². The predicted molar refractivity (Wildman–Crippen MR) is 112 cm³/mol. The zero-order valence-electron chi connectivity index (χ0n) is 17.5. The lowest BCUT2D eigenvalue weighted by Gasteiger charge is -2.34. The van der Waals surface area contributed by atoms with Crippen molar-refractivity contribution in [2.45, 2.75) is 43.4 Å². The van der Waals surface area contributed by atoms with Crippen LogP contribution in [0.5, 0.6) is 0 Å². The standard InChI is InChI=1S/C23H23F6N3O/c24-22(25,26)21(33,23(27,28)29)17-4-1-15(2-5-17)14-31-10-8-19(9-11-31)32-12-7-16-3-6-18(30)13-20(16)32/h1-7,12-13,19,33H,8-11,14,30H2. The molecule has 1 aliphatic rings. The van der Waals surface area contributed by atoms with Crippen LogP contribution in [-0.4, -0.2) is 40.0 Å². The summed E-state index contributed by atoms with van der Waals surface area (Å²) in [4.78, 5) is 2.10. The SMILES string of the molecule is Nc1ccc2ccn(C3CCN(Cc4ccc(C(O)(C(F)(F)F)C(F)(F)F)cc4)CC3)c2c1. The van der Waals surface area contributed by atoms with Crippen LogP contribution in [0, 0.1) is 0 Å². The molecule has 2 aromatic carbocycles.